The second kappa shape index (κ2) is 9.35. The van der Waals surface area contributed by atoms with E-state index in [1.807, 2.05) is 12.3 Å². The van der Waals surface area contributed by atoms with E-state index < -0.39 is 0 Å². The lowest BCUT2D eigenvalue weighted by Crippen LogP contribution is -2.51. The Morgan fingerprint density at radius 2 is 1.88 bits per heavy atom. The minimum absolute atomic E-state index is 0.459. The topological polar surface area (TPSA) is 52.6 Å². The zero-order chi connectivity index (χ0) is 22.0. The van der Waals surface area contributed by atoms with Crippen molar-refractivity contribution in [3.05, 3.63) is 60.3 Å². The van der Waals surface area contributed by atoms with Crippen molar-refractivity contribution in [3.8, 4) is 11.3 Å². The summed E-state index contributed by atoms with van der Waals surface area (Å²) in [6, 6.07) is 17.6. The minimum Gasteiger partial charge on any atom is -0.365 e. The Morgan fingerprint density at radius 1 is 1.03 bits per heavy atom. The third-order valence-electron chi connectivity index (χ3n) is 7.25. The van der Waals surface area contributed by atoms with Crippen LogP contribution in [0.4, 0.5) is 17.1 Å². The van der Waals surface area contributed by atoms with E-state index in [9.17, 15) is 0 Å². The maximum atomic E-state index is 5.29. The van der Waals surface area contributed by atoms with Crippen molar-refractivity contribution in [3.63, 3.8) is 0 Å². The Hall–Kier alpha value is -2.57. The molecule has 2 aliphatic carbocycles. The van der Waals surface area contributed by atoms with Crippen LogP contribution >= 0.6 is 11.9 Å². The van der Waals surface area contributed by atoms with Crippen molar-refractivity contribution in [1.29, 1.82) is 0 Å². The highest BCUT2D eigenvalue weighted by Gasteiger charge is 2.34. The average molecular weight is 458 g/mol. The fraction of sp³-hybridized carbons (Fsp3) is 0.407. The van der Waals surface area contributed by atoms with Gasteiger partial charge in [-0.25, -0.2) is 4.99 Å². The molecule has 0 bridgehead atoms. The molecule has 3 heterocycles. The molecule has 170 valence electrons. The highest BCUT2D eigenvalue weighted by Crippen LogP contribution is 2.54. The van der Waals surface area contributed by atoms with Gasteiger partial charge in [-0.3, -0.25) is 4.98 Å². The lowest BCUT2D eigenvalue weighted by atomic mass is 10.0. The Kier molecular flexibility index (Phi) is 5.95. The predicted octanol–water partition coefficient (Wildman–Crippen LogP) is 5.89. The molecule has 1 saturated heterocycles. The van der Waals surface area contributed by atoms with Gasteiger partial charge in [0.05, 0.1) is 22.1 Å². The maximum Gasteiger partial charge on any atom is 0.114 e. The van der Waals surface area contributed by atoms with E-state index in [1.54, 1.807) is 11.9 Å². The third kappa shape index (κ3) is 4.22. The smallest absolute Gasteiger partial charge is 0.114 e. The molecule has 5 aliphatic rings. The molecule has 1 saturated carbocycles. The van der Waals surface area contributed by atoms with Crippen LogP contribution < -0.4 is 14.9 Å². The Balaban J connectivity index is 1.32. The van der Waals surface area contributed by atoms with E-state index >= 15 is 0 Å². The number of benzene rings is 1. The SMILES string of the molecule is c1ccc(CCC2CN(c3c4nccccc-4c4c3N=C(C3CCCC3)SN4)CCN2)cc1. The molecule has 1 unspecified atom stereocenters. The number of aryl methyl sites for hydroxylation is 1. The number of aromatic nitrogens is 1. The number of hydrogen-bond acceptors (Lipinski definition) is 6. The van der Waals surface area contributed by atoms with Crippen LogP contribution in [0.1, 0.15) is 37.7 Å². The molecule has 2 N–H and O–H groups in total. The zero-order valence-corrected chi connectivity index (χ0v) is 19.8. The summed E-state index contributed by atoms with van der Waals surface area (Å²) < 4.78 is 3.67. The van der Waals surface area contributed by atoms with Crippen LogP contribution in [-0.4, -0.2) is 35.7 Å². The van der Waals surface area contributed by atoms with Crippen LogP contribution in [0, 0.1) is 5.92 Å². The summed E-state index contributed by atoms with van der Waals surface area (Å²) in [7, 11) is 0. The van der Waals surface area contributed by atoms with Gasteiger partial charge in [0, 0.05) is 55.3 Å². The number of rotatable bonds is 5. The normalized spacial score (nSPS) is 21.0. The van der Waals surface area contributed by atoms with Gasteiger partial charge in [0.25, 0.3) is 0 Å². The van der Waals surface area contributed by atoms with E-state index in [-0.39, 0.29) is 0 Å². The lowest BCUT2D eigenvalue weighted by Gasteiger charge is -2.36. The van der Waals surface area contributed by atoms with Crippen LogP contribution in [0.5, 0.6) is 0 Å². The van der Waals surface area contributed by atoms with Gasteiger partial charge >= 0.3 is 0 Å². The summed E-state index contributed by atoms with van der Waals surface area (Å²) in [5.74, 6) is 0.604. The molecular formula is C27H31N5S. The van der Waals surface area contributed by atoms with E-state index in [1.165, 1.54) is 47.5 Å². The summed E-state index contributed by atoms with van der Waals surface area (Å²) in [5, 5.41) is 5.01. The highest BCUT2D eigenvalue weighted by atomic mass is 32.2. The summed E-state index contributed by atoms with van der Waals surface area (Å²) >= 11 is 1.72. The van der Waals surface area contributed by atoms with Crippen molar-refractivity contribution in [2.45, 2.75) is 44.6 Å². The first-order valence-electron chi connectivity index (χ1n) is 12.3. The molecule has 0 radical (unpaired) electrons. The maximum absolute atomic E-state index is 5.29. The number of piperazine rings is 1. The zero-order valence-electron chi connectivity index (χ0n) is 19.0. The predicted molar refractivity (Wildman–Crippen MR) is 140 cm³/mol. The Morgan fingerprint density at radius 3 is 2.76 bits per heavy atom. The van der Waals surface area contributed by atoms with Gasteiger partial charge in [-0.15, -0.1) is 0 Å². The fourth-order valence-electron chi connectivity index (χ4n) is 5.52. The molecule has 0 aromatic heterocycles. The standard InChI is InChI=1S/C27H31N5S/c1-2-8-19(9-3-1)13-14-21-18-32(17-16-28-21)26-24-22(12-6-7-15-29-24)23-25(26)30-27(33-31-23)20-10-4-5-11-20/h1-3,6-9,12,15,20-21,28,31H,4-5,10-11,13-14,16-18H2. The molecule has 6 rings (SSSR count). The monoisotopic (exact) mass is 457 g/mol. The Labute approximate surface area is 200 Å². The first-order chi connectivity index (χ1) is 16.4. The lowest BCUT2D eigenvalue weighted by molar-refractivity contribution is 0.434. The van der Waals surface area contributed by atoms with Gasteiger partial charge in [-0.1, -0.05) is 55.3 Å². The molecule has 1 aromatic carbocycles. The van der Waals surface area contributed by atoms with Crippen molar-refractivity contribution in [1.82, 2.24) is 10.3 Å². The van der Waals surface area contributed by atoms with Gasteiger partial charge in [0.15, 0.2) is 0 Å². The molecule has 2 fully saturated rings. The van der Waals surface area contributed by atoms with E-state index in [0.29, 0.717) is 12.0 Å². The van der Waals surface area contributed by atoms with Crippen LogP contribution in [0.25, 0.3) is 11.3 Å². The number of fused-ring (bicyclic) bond motifs is 3. The van der Waals surface area contributed by atoms with Crippen LogP contribution in [-0.2, 0) is 6.42 Å². The summed E-state index contributed by atoms with van der Waals surface area (Å²) in [6.45, 7) is 2.95. The van der Waals surface area contributed by atoms with Crippen molar-refractivity contribution < 1.29 is 0 Å². The van der Waals surface area contributed by atoms with Crippen molar-refractivity contribution in [2.75, 3.05) is 29.3 Å². The molecule has 1 aromatic rings. The van der Waals surface area contributed by atoms with Crippen molar-refractivity contribution >= 4 is 34.1 Å². The van der Waals surface area contributed by atoms with Crippen LogP contribution in [0.15, 0.2) is 59.7 Å². The number of nitrogens with one attached hydrogen (secondary N) is 2. The summed E-state index contributed by atoms with van der Waals surface area (Å²) in [5.41, 5.74) is 7.10. The number of hydrogen-bond donors (Lipinski definition) is 2. The number of nitrogens with zero attached hydrogens (tertiary/aromatic N) is 3. The summed E-state index contributed by atoms with van der Waals surface area (Å²) in [4.78, 5) is 12.7. The third-order valence-corrected chi connectivity index (χ3v) is 8.19. The van der Waals surface area contributed by atoms with Gasteiger partial charge in [-0.2, -0.15) is 0 Å². The molecule has 3 aliphatic heterocycles. The molecule has 6 heteroatoms. The molecule has 5 nitrogen and oxygen atoms in total. The van der Waals surface area contributed by atoms with Gasteiger partial charge < -0.3 is 14.9 Å². The second-order valence-electron chi connectivity index (χ2n) is 9.42. The van der Waals surface area contributed by atoms with Gasteiger partial charge in [-0.05, 0) is 37.3 Å². The summed E-state index contributed by atoms with van der Waals surface area (Å²) in [6.07, 6.45) is 9.33. The van der Waals surface area contributed by atoms with Crippen molar-refractivity contribution in [2.24, 2.45) is 10.9 Å². The fourth-order valence-corrected chi connectivity index (χ4v) is 6.47. The molecular weight excluding hydrogens is 426 g/mol. The Bertz CT molecular complexity index is 1110. The van der Waals surface area contributed by atoms with Crippen LogP contribution in [0.3, 0.4) is 0 Å². The molecule has 1 atom stereocenters. The van der Waals surface area contributed by atoms with E-state index in [2.05, 4.69) is 57.4 Å². The number of aliphatic imine (C=N–C) groups is 1. The molecule has 33 heavy (non-hydrogen) atoms. The number of anilines is 2. The molecule has 0 amide bonds. The van der Waals surface area contributed by atoms with Crippen LogP contribution in [0.2, 0.25) is 0 Å². The minimum atomic E-state index is 0.459. The molecule has 0 spiro atoms. The van der Waals surface area contributed by atoms with E-state index in [4.69, 9.17) is 9.98 Å². The van der Waals surface area contributed by atoms with E-state index in [0.717, 1.165) is 49.5 Å². The van der Waals surface area contributed by atoms with Gasteiger partial charge in [0.2, 0.25) is 0 Å². The highest BCUT2D eigenvalue weighted by molar-refractivity contribution is 8.15. The average Bonchev–Trinajstić information content (AvgIpc) is 3.43. The van der Waals surface area contributed by atoms with Gasteiger partial charge in [0.1, 0.15) is 5.69 Å². The second-order valence-corrected chi connectivity index (χ2v) is 10.2. The quantitative estimate of drug-likeness (QED) is 0.468. The largest absolute Gasteiger partial charge is 0.365 e. The first kappa shape index (κ1) is 21.0. The first-order valence-corrected chi connectivity index (χ1v) is 13.1.